The largest absolute Gasteiger partial charge is 0.497 e. The van der Waals surface area contributed by atoms with Crippen LogP contribution in [0.1, 0.15) is 0 Å². The Morgan fingerprint density at radius 3 is 2.68 bits per heavy atom. The van der Waals surface area contributed by atoms with E-state index in [1.54, 1.807) is 13.2 Å². The number of halogens is 1. The third-order valence-electron chi connectivity index (χ3n) is 4.19. The third kappa shape index (κ3) is 3.41. The highest BCUT2D eigenvalue weighted by Gasteiger charge is 2.16. The molecule has 7 nitrogen and oxygen atoms in total. The Labute approximate surface area is 172 Å². The molecule has 4 aromatic rings. The summed E-state index contributed by atoms with van der Waals surface area (Å²) in [5, 5.41) is 17.2. The van der Waals surface area contributed by atoms with Gasteiger partial charge in [-0.2, -0.15) is 0 Å². The monoisotopic (exact) mass is 456 g/mol. The number of ether oxygens (including phenoxy) is 1. The molecule has 0 fully saturated rings. The van der Waals surface area contributed by atoms with Gasteiger partial charge in [-0.3, -0.25) is 10.1 Å². The van der Waals surface area contributed by atoms with Crippen molar-refractivity contribution in [3.05, 3.63) is 68.8 Å². The lowest BCUT2D eigenvalue weighted by atomic mass is 10.1. The Morgan fingerprint density at radius 2 is 1.96 bits per heavy atom. The first-order valence-corrected chi connectivity index (χ1v) is 9.81. The third-order valence-corrected chi connectivity index (χ3v) is 5.76. The van der Waals surface area contributed by atoms with Gasteiger partial charge in [-0.1, -0.05) is 12.1 Å². The molecule has 0 amide bonds. The van der Waals surface area contributed by atoms with Crippen molar-refractivity contribution in [2.45, 2.75) is 0 Å². The summed E-state index contributed by atoms with van der Waals surface area (Å²) in [5.41, 5.74) is 2.54. The van der Waals surface area contributed by atoms with Crippen LogP contribution in [0.25, 0.3) is 21.3 Å². The molecule has 0 radical (unpaired) electrons. The molecule has 0 aliphatic carbocycles. The Balaban J connectivity index is 1.81. The Bertz CT molecular complexity index is 1180. The number of nitro groups is 1. The summed E-state index contributed by atoms with van der Waals surface area (Å²) in [7, 11) is 1.63. The van der Waals surface area contributed by atoms with Gasteiger partial charge in [0.2, 0.25) is 0 Å². The minimum Gasteiger partial charge on any atom is -0.497 e. The van der Waals surface area contributed by atoms with E-state index in [9.17, 15) is 10.1 Å². The maximum absolute atomic E-state index is 11.1. The van der Waals surface area contributed by atoms with Crippen molar-refractivity contribution in [2.75, 3.05) is 12.4 Å². The topological polar surface area (TPSA) is 90.2 Å². The molecule has 4 rings (SSSR count). The SMILES string of the molecule is COc1ccc(-c2csc3ncnc(Nc4cc([N+](=O)[O-])ccc4Br)c23)cc1. The number of rotatable bonds is 5. The molecule has 0 bridgehead atoms. The molecule has 28 heavy (non-hydrogen) atoms. The van der Waals surface area contributed by atoms with Gasteiger partial charge < -0.3 is 10.1 Å². The summed E-state index contributed by atoms with van der Waals surface area (Å²) in [6.07, 6.45) is 1.48. The van der Waals surface area contributed by atoms with Crippen molar-refractivity contribution < 1.29 is 9.66 Å². The van der Waals surface area contributed by atoms with E-state index in [1.165, 1.54) is 29.8 Å². The summed E-state index contributed by atoms with van der Waals surface area (Å²) < 4.78 is 5.93. The quantitative estimate of drug-likeness (QED) is 0.302. The molecule has 1 N–H and O–H groups in total. The molecular weight excluding hydrogens is 444 g/mol. The molecule has 2 aromatic heterocycles. The van der Waals surface area contributed by atoms with E-state index in [-0.39, 0.29) is 5.69 Å². The van der Waals surface area contributed by atoms with Gasteiger partial charge in [0.15, 0.2) is 0 Å². The maximum atomic E-state index is 11.1. The van der Waals surface area contributed by atoms with E-state index < -0.39 is 4.92 Å². The van der Waals surface area contributed by atoms with E-state index in [2.05, 4.69) is 31.2 Å². The van der Waals surface area contributed by atoms with E-state index >= 15 is 0 Å². The van der Waals surface area contributed by atoms with E-state index in [0.717, 1.165) is 27.1 Å². The van der Waals surface area contributed by atoms with E-state index in [1.807, 2.05) is 29.6 Å². The second-order valence-corrected chi connectivity index (χ2v) is 7.54. The average Bonchev–Trinajstić information content (AvgIpc) is 3.14. The summed E-state index contributed by atoms with van der Waals surface area (Å²) in [5.74, 6) is 1.36. The van der Waals surface area contributed by atoms with Gasteiger partial charge in [0, 0.05) is 27.5 Å². The van der Waals surface area contributed by atoms with Gasteiger partial charge in [-0.05, 0) is 39.7 Å². The van der Waals surface area contributed by atoms with E-state index in [4.69, 9.17) is 4.74 Å². The fourth-order valence-corrected chi connectivity index (χ4v) is 4.06. The molecule has 0 unspecified atom stereocenters. The lowest BCUT2D eigenvalue weighted by molar-refractivity contribution is -0.384. The summed E-state index contributed by atoms with van der Waals surface area (Å²) in [6.45, 7) is 0. The fraction of sp³-hybridized carbons (Fsp3) is 0.0526. The van der Waals surface area contributed by atoms with Gasteiger partial charge in [-0.15, -0.1) is 11.3 Å². The second kappa shape index (κ2) is 7.53. The number of aromatic nitrogens is 2. The van der Waals surface area contributed by atoms with Gasteiger partial charge in [0.05, 0.1) is 23.1 Å². The number of nitrogens with one attached hydrogen (secondary N) is 1. The Hall–Kier alpha value is -3.04. The number of fused-ring (bicyclic) bond motifs is 1. The van der Waals surface area contributed by atoms with Crippen molar-refractivity contribution in [1.29, 1.82) is 0 Å². The van der Waals surface area contributed by atoms with Crippen LogP contribution in [0.15, 0.2) is 58.6 Å². The second-order valence-electron chi connectivity index (χ2n) is 5.83. The number of non-ortho nitro benzene ring substituents is 1. The minimum atomic E-state index is -0.430. The predicted molar refractivity (Wildman–Crippen MR) is 113 cm³/mol. The van der Waals surface area contributed by atoms with Gasteiger partial charge in [0.25, 0.3) is 5.69 Å². The van der Waals surface area contributed by atoms with E-state index in [0.29, 0.717) is 16.0 Å². The van der Waals surface area contributed by atoms with Crippen LogP contribution in [0, 0.1) is 10.1 Å². The number of methoxy groups -OCH3 is 1. The maximum Gasteiger partial charge on any atom is 0.271 e. The molecular formula is C19H13BrN4O3S. The normalized spacial score (nSPS) is 10.8. The van der Waals surface area contributed by atoms with Crippen LogP contribution in [-0.4, -0.2) is 22.0 Å². The predicted octanol–water partition coefficient (Wildman–Crippen LogP) is 5.78. The van der Waals surface area contributed by atoms with Gasteiger partial charge in [-0.25, -0.2) is 9.97 Å². The number of anilines is 2. The molecule has 0 spiro atoms. The zero-order valence-electron chi connectivity index (χ0n) is 14.5. The Morgan fingerprint density at radius 1 is 1.18 bits per heavy atom. The van der Waals surface area contributed by atoms with Crippen LogP contribution in [0.5, 0.6) is 5.75 Å². The smallest absolute Gasteiger partial charge is 0.271 e. The van der Waals surface area contributed by atoms with Crippen LogP contribution >= 0.6 is 27.3 Å². The fourth-order valence-electron chi connectivity index (χ4n) is 2.80. The number of thiophene rings is 1. The number of hydrogen-bond acceptors (Lipinski definition) is 7. The first-order valence-electron chi connectivity index (χ1n) is 8.14. The number of nitrogens with zero attached hydrogens (tertiary/aromatic N) is 3. The van der Waals surface area contributed by atoms with Crippen molar-refractivity contribution in [1.82, 2.24) is 9.97 Å². The summed E-state index contributed by atoms with van der Waals surface area (Å²) in [4.78, 5) is 20.2. The van der Waals surface area contributed by atoms with Gasteiger partial charge >= 0.3 is 0 Å². The highest BCUT2D eigenvalue weighted by molar-refractivity contribution is 9.10. The molecule has 0 atom stereocenters. The molecule has 0 aliphatic rings. The summed E-state index contributed by atoms with van der Waals surface area (Å²) >= 11 is 4.94. The van der Waals surface area contributed by atoms with Crippen LogP contribution in [0.2, 0.25) is 0 Å². The highest BCUT2D eigenvalue weighted by atomic mass is 79.9. The standard InChI is InChI=1S/C19H13BrN4O3S/c1-27-13-5-2-11(3-6-13)14-9-28-19-17(14)18(21-10-22-19)23-16-8-12(24(25)26)4-7-15(16)20/h2-10H,1H3,(H,21,22,23). The van der Waals surface area contributed by atoms with Crippen LogP contribution in [0.4, 0.5) is 17.2 Å². The highest BCUT2D eigenvalue weighted by Crippen LogP contribution is 2.39. The minimum absolute atomic E-state index is 0.00306. The molecule has 9 heteroatoms. The molecule has 140 valence electrons. The lowest BCUT2D eigenvalue weighted by Crippen LogP contribution is -1.98. The van der Waals surface area contributed by atoms with Crippen LogP contribution in [0.3, 0.4) is 0 Å². The number of benzene rings is 2. The Kier molecular flexibility index (Phi) is 4.93. The van der Waals surface area contributed by atoms with Crippen molar-refractivity contribution in [3.8, 4) is 16.9 Å². The molecule has 0 saturated heterocycles. The zero-order valence-corrected chi connectivity index (χ0v) is 17.0. The number of nitro benzene ring substituents is 1. The molecule has 2 heterocycles. The van der Waals surface area contributed by atoms with Crippen molar-refractivity contribution in [2.24, 2.45) is 0 Å². The van der Waals surface area contributed by atoms with Crippen LogP contribution < -0.4 is 10.1 Å². The molecule has 0 aliphatic heterocycles. The zero-order chi connectivity index (χ0) is 19.7. The van der Waals surface area contributed by atoms with Crippen molar-refractivity contribution >= 4 is 54.7 Å². The summed E-state index contributed by atoms with van der Waals surface area (Å²) in [6, 6.07) is 12.3. The lowest BCUT2D eigenvalue weighted by Gasteiger charge is -2.10. The first kappa shape index (κ1) is 18.3. The average molecular weight is 457 g/mol. The van der Waals surface area contributed by atoms with Gasteiger partial charge in [0.1, 0.15) is 22.7 Å². The van der Waals surface area contributed by atoms with Crippen molar-refractivity contribution in [3.63, 3.8) is 0 Å². The first-order chi connectivity index (χ1) is 13.6. The van der Waals surface area contributed by atoms with Crippen LogP contribution in [-0.2, 0) is 0 Å². The molecule has 0 saturated carbocycles. The number of hydrogen-bond donors (Lipinski definition) is 1. The molecule has 2 aromatic carbocycles.